The molecule has 0 bridgehead atoms. The Bertz CT molecular complexity index is 780. The van der Waals surface area contributed by atoms with Gasteiger partial charge in [-0.15, -0.1) is 0 Å². The van der Waals surface area contributed by atoms with Crippen LogP contribution in [0.2, 0.25) is 10.0 Å². The number of nitro groups is 1. The molecule has 2 rings (SSSR count). The van der Waals surface area contributed by atoms with Gasteiger partial charge in [0.1, 0.15) is 0 Å². The lowest BCUT2D eigenvalue weighted by molar-refractivity contribution is -0.384. The average Bonchev–Trinajstić information content (AvgIpc) is 2.51. The molecule has 23 heavy (non-hydrogen) atoms. The maximum Gasteiger partial charge on any atom is 0.437 e. The lowest BCUT2D eigenvalue weighted by Gasteiger charge is -2.03. The molecule has 0 atom stereocenters. The number of rotatable bonds is 4. The smallest absolute Gasteiger partial charge is 0.298 e. The summed E-state index contributed by atoms with van der Waals surface area (Å²) in [6.45, 7) is 0. The number of hydrogen-bond donors (Lipinski definition) is 1. The summed E-state index contributed by atoms with van der Waals surface area (Å²) in [4.78, 5) is 26.2. The van der Waals surface area contributed by atoms with Crippen molar-refractivity contribution in [3.8, 4) is 0 Å². The van der Waals surface area contributed by atoms with Gasteiger partial charge in [0.2, 0.25) is 0 Å². The summed E-state index contributed by atoms with van der Waals surface area (Å²) in [7, 11) is 0. The van der Waals surface area contributed by atoms with Gasteiger partial charge in [-0.25, -0.2) is 4.79 Å². The highest BCUT2D eigenvalue weighted by atomic mass is 35.5. The third kappa shape index (κ3) is 4.94. The highest BCUT2D eigenvalue weighted by Crippen LogP contribution is 2.25. The first-order valence-electron chi connectivity index (χ1n) is 6.16. The Morgan fingerprint density at radius 1 is 1.22 bits per heavy atom. The number of amides is 1. The van der Waals surface area contributed by atoms with Crippen molar-refractivity contribution in [2.75, 3.05) is 5.32 Å². The topological polar surface area (TPSA) is 93.8 Å². The number of benzene rings is 2. The fourth-order valence-electron chi connectivity index (χ4n) is 1.57. The zero-order valence-electron chi connectivity index (χ0n) is 11.4. The largest absolute Gasteiger partial charge is 0.437 e. The van der Waals surface area contributed by atoms with Gasteiger partial charge in [-0.1, -0.05) is 40.5 Å². The molecule has 1 amide bonds. The molecule has 0 fully saturated rings. The summed E-state index contributed by atoms with van der Waals surface area (Å²) >= 11 is 11.6. The Labute approximate surface area is 140 Å². The number of hydrogen-bond acceptors (Lipinski definition) is 5. The Morgan fingerprint density at radius 2 is 2.00 bits per heavy atom. The van der Waals surface area contributed by atoms with E-state index in [9.17, 15) is 14.9 Å². The second kappa shape index (κ2) is 7.57. The van der Waals surface area contributed by atoms with Crippen LogP contribution in [0, 0.1) is 10.1 Å². The minimum absolute atomic E-state index is 0.0887. The minimum atomic E-state index is -0.843. The van der Waals surface area contributed by atoms with Crippen LogP contribution in [0.1, 0.15) is 5.56 Å². The fraction of sp³-hybridized carbons (Fsp3) is 0. The first-order valence-corrected chi connectivity index (χ1v) is 6.92. The predicted octanol–water partition coefficient (Wildman–Crippen LogP) is 4.48. The van der Waals surface area contributed by atoms with E-state index in [1.54, 1.807) is 12.1 Å². The average molecular weight is 354 g/mol. The van der Waals surface area contributed by atoms with E-state index in [1.807, 2.05) is 0 Å². The van der Waals surface area contributed by atoms with Gasteiger partial charge in [-0.05, 0) is 18.2 Å². The van der Waals surface area contributed by atoms with Gasteiger partial charge in [0.05, 0.1) is 21.2 Å². The summed E-state index contributed by atoms with van der Waals surface area (Å²) in [6, 6.07) is 10.2. The zero-order valence-corrected chi connectivity index (χ0v) is 12.9. The summed E-state index contributed by atoms with van der Waals surface area (Å²) in [6.07, 6.45) is 0.339. The number of anilines is 1. The van der Waals surface area contributed by atoms with Crippen LogP contribution in [0.4, 0.5) is 16.2 Å². The van der Waals surface area contributed by atoms with Crippen molar-refractivity contribution in [1.82, 2.24) is 0 Å². The van der Waals surface area contributed by atoms with Crippen molar-refractivity contribution < 1.29 is 14.6 Å². The van der Waals surface area contributed by atoms with E-state index in [0.717, 1.165) is 0 Å². The second-order valence-electron chi connectivity index (χ2n) is 4.22. The van der Waals surface area contributed by atoms with Crippen molar-refractivity contribution in [3.63, 3.8) is 0 Å². The number of carbonyl (C=O) groups excluding carboxylic acids is 1. The lowest BCUT2D eigenvalue weighted by Crippen LogP contribution is -2.10. The van der Waals surface area contributed by atoms with Crippen molar-refractivity contribution >= 4 is 46.9 Å². The van der Waals surface area contributed by atoms with Crippen LogP contribution in [0.3, 0.4) is 0 Å². The molecule has 0 unspecified atom stereocenters. The number of nitro benzene ring substituents is 1. The minimum Gasteiger partial charge on any atom is -0.298 e. The van der Waals surface area contributed by atoms with Crippen molar-refractivity contribution in [3.05, 3.63) is 68.2 Å². The molecule has 2 aromatic rings. The van der Waals surface area contributed by atoms with Crippen LogP contribution >= 0.6 is 23.2 Å². The molecule has 0 aliphatic rings. The number of non-ortho nitro benzene ring substituents is 1. The molecule has 9 heteroatoms. The molecule has 0 saturated carbocycles. The maximum atomic E-state index is 11.5. The molecule has 0 saturated heterocycles. The number of oxime groups is 1. The second-order valence-corrected chi connectivity index (χ2v) is 5.03. The number of nitrogens with zero attached hydrogens (tertiary/aromatic N) is 2. The number of halogens is 2. The zero-order chi connectivity index (χ0) is 16.8. The first-order chi connectivity index (χ1) is 11.0. The molecule has 7 nitrogen and oxygen atoms in total. The van der Waals surface area contributed by atoms with E-state index in [1.165, 1.54) is 36.5 Å². The summed E-state index contributed by atoms with van der Waals surface area (Å²) < 4.78 is 0. The quantitative estimate of drug-likeness (QED) is 0.379. The van der Waals surface area contributed by atoms with Crippen LogP contribution in [0.15, 0.2) is 47.6 Å². The van der Waals surface area contributed by atoms with Crippen LogP contribution in [0.25, 0.3) is 0 Å². The lowest BCUT2D eigenvalue weighted by atomic mass is 10.2. The Balaban J connectivity index is 1.94. The fourth-order valence-corrected chi connectivity index (χ4v) is 1.87. The third-order valence-corrected chi connectivity index (χ3v) is 3.32. The summed E-state index contributed by atoms with van der Waals surface area (Å²) in [5, 5.41) is 17.1. The van der Waals surface area contributed by atoms with E-state index >= 15 is 0 Å². The molecule has 1 N–H and O–H groups in total. The molecule has 0 spiro atoms. The first kappa shape index (κ1) is 16.7. The van der Waals surface area contributed by atoms with Crippen molar-refractivity contribution in [1.29, 1.82) is 0 Å². The van der Waals surface area contributed by atoms with Crippen LogP contribution in [-0.4, -0.2) is 17.2 Å². The van der Waals surface area contributed by atoms with Gasteiger partial charge >= 0.3 is 6.09 Å². The van der Waals surface area contributed by atoms with Crippen LogP contribution in [-0.2, 0) is 4.84 Å². The van der Waals surface area contributed by atoms with E-state index in [4.69, 9.17) is 23.2 Å². The van der Waals surface area contributed by atoms with Crippen molar-refractivity contribution in [2.45, 2.75) is 0 Å². The molecular formula is C14H9Cl2N3O4. The molecule has 0 radical (unpaired) electrons. The van der Waals surface area contributed by atoms with Gasteiger partial charge in [0.15, 0.2) is 0 Å². The highest BCUT2D eigenvalue weighted by Gasteiger charge is 2.06. The van der Waals surface area contributed by atoms with E-state index < -0.39 is 11.0 Å². The molecule has 0 aliphatic heterocycles. The molecule has 2 aromatic carbocycles. The predicted molar refractivity (Wildman–Crippen MR) is 87.3 cm³/mol. The van der Waals surface area contributed by atoms with Crippen molar-refractivity contribution in [2.24, 2.45) is 5.16 Å². The normalized spacial score (nSPS) is 10.5. The number of carbonyl (C=O) groups is 1. The molecule has 0 aromatic heterocycles. The monoisotopic (exact) mass is 353 g/mol. The molecule has 0 heterocycles. The summed E-state index contributed by atoms with van der Waals surface area (Å²) in [5.74, 6) is 0. The third-order valence-electron chi connectivity index (χ3n) is 2.58. The molecular weight excluding hydrogens is 345 g/mol. The molecule has 0 aliphatic carbocycles. The van der Waals surface area contributed by atoms with Gasteiger partial charge in [-0.2, -0.15) is 0 Å². The standard InChI is InChI=1S/C14H9Cl2N3O4/c15-12-5-4-10(7-13(12)16)18-14(20)23-17-8-9-2-1-3-11(6-9)19(21)22/h1-8H,(H,18,20). The highest BCUT2D eigenvalue weighted by molar-refractivity contribution is 6.42. The van der Waals surface area contributed by atoms with Gasteiger partial charge in [0, 0.05) is 23.4 Å². The SMILES string of the molecule is O=C(Nc1ccc(Cl)c(Cl)c1)ON=Cc1cccc([N+](=O)[O-])c1. The van der Waals surface area contributed by atoms with Gasteiger partial charge in [-0.3, -0.25) is 20.3 Å². The molecule has 118 valence electrons. The van der Waals surface area contributed by atoms with Crippen LogP contribution < -0.4 is 5.32 Å². The van der Waals surface area contributed by atoms with Gasteiger partial charge < -0.3 is 0 Å². The van der Waals surface area contributed by atoms with Crippen LogP contribution in [0.5, 0.6) is 0 Å². The van der Waals surface area contributed by atoms with E-state index in [2.05, 4.69) is 15.3 Å². The summed E-state index contributed by atoms with van der Waals surface area (Å²) in [5.41, 5.74) is 0.714. The Kier molecular flexibility index (Phi) is 5.51. The van der Waals surface area contributed by atoms with Gasteiger partial charge in [0.25, 0.3) is 5.69 Å². The Hall–Kier alpha value is -2.64. The Morgan fingerprint density at radius 3 is 2.70 bits per heavy atom. The van der Waals surface area contributed by atoms with E-state index in [0.29, 0.717) is 16.3 Å². The number of nitrogens with one attached hydrogen (secondary N) is 1. The maximum absolute atomic E-state index is 11.5. The van der Waals surface area contributed by atoms with E-state index in [-0.39, 0.29) is 10.7 Å².